The molecule has 1 heterocycles. The molecule has 0 amide bonds. The maximum Gasteiger partial charge on any atom is 0.213 e. The first-order valence-corrected chi connectivity index (χ1v) is 8.98. The van der Waals surface area contributed by atoms with Crippen LogP contribution in [0.5, 0.6) is 0 Å². The van der Waals surface area contributed by atoms with Crippen molar-refractivity contribution < 1.29 is 8.81 Å². The van der Waals surface area contributed by atoms with Gasteiger partial charge in [0.1, 0.15) is 11.6 Å². The number of hydrogen-bond donors (Lipinski definition) is 2. The molecule has 1 aromatic heterocycles. The Morgan fingerprint density at radius 1 is 1.23 bits per heavy atom. The van der Waals surface area contributed by atoms with Crippen LogP contribution in [0, 0.1) is 5.82 Å². The number of nitrogens with zero attached hydrogens (tertiary/aromatic N) is 2. The van der Waals surface area contributed by atoms with Gasteiger partial charge < -0.3 is 15.1 Å². The Morgan fingerprint density at radius 3 is 2.46 bits per heavy atom. The Balaban J connectivity index is 1.54. The summed E-state index contributed by atoms with van der Waals surface area (Å²) in [6.07, 6.45) is 3.97. The lowest BCUT2D eigenvalue weighted by atomic mass is 9.94. The van der Waals surface area contributed by atoms with Crippen LogP contribution in [0.4, 0.5) is 4.39 Å². The molecular weight excluding hydrogens is 331 g/mol. The highest BCUT2D eigenvalue weighted by molar-refractivity contribution is 5.79. The molecule has 26 heavy (non-hydrogen) atoms. The molecule has 0 radical (unpaired) electrons. The second kappa shape index (κ2) is 7.09. The molecule has 1 aromatic carbocycles. The fraction of sp³-hybridized carbons (Fsp3) is 0.500. The van der Waals surface area contributed by atoms with Crippen LogP contribution in [0.25, 0.3) is 0 Å². The van der Waals surface area contributed by atoms with Gasteiger partial charge in [0.25, 0.3) is 0 Å². The van der Waals surface area contributed by atoms with Gasteiger partial charge in [0, 0.05) is 24.4 Å². The van der Waals surface area contributed by atoms with Crippen LogP contribution in [0.15, 0.2) is 39.9 Å². The minimum atomic E-state index is -0.199. The highest BCUT2D eigenvalue weighted by atomic mass is 19.1. The second-order valence-electron chi connectivity index (χ2n) is 7.93. The number of benzene rings is 1. The van der Waals surface area contributed by atoms with Crippen molar-refractivity contribution in [1.29, 1.82) is 0 Å². The van der Waals surface area contributed by atoms with Crippen molar-refractivity contribution in [2.24, 2.45) is 4.99 Å². The molecule has 1 aliphatic carbocycles. The standard InChI is InChI=1S/C20H27FN4O/c1-19(2,3)16-11-23-17(26-16)12-24-18(22-4)25-13-20(9-10-20)14-5-7-15(21)8-6-14/h5-8,11H,9-10,12-13H2,1-4H3,(H2,22,24,25). The van der Waals surface area contributed by atoms with E-state index in [-0.39, 0.29) is 16.6 Å². The summed E-state index contributed by atoms with van der Waals surface area (Å²) in [7, 11) is 1.74. The van der Waals surface area contributed by atoms with Crippen molar-refractivity contribution >= 4 is 5.96 Å². The number of guanidine groups is 1. The second-order valence-corrected chi connectivity index (χ2v) is 7.93. The van der Waals surface area contributed by atoms with E-state index in [0.717, 1.165) is 25.1 Å². The minimum absolute atomic E-state index is 0.0569. The molecule has 0 unspecified atom stereocenters. The van der Waals surface area contributed by atoms with Crippen molar-refractivity contribution in [3.05, 3.63) is 53.5 Å². The van der Waals surface area contributed by atoms with Gasteiger partial charge in [-0.25, -0.2) is 9.37 Å². The lowest BCUT2D eigenvalue weighted by molar-refractivity contribution is 0.379. The quantitative estimate of drug-likeness (QED) is 0.634. The maximum absolute atomic E-state index is 13.1. The molecule has 0 aliphatic heterocycles. The molecule has 0 saturated heterocycles. The molecule has 1 fully saturated rings. The number of aromatic nitrogens is 1. The van der Waals surface area contributed by atoms with Gasteiger partial charge in [-0.2, -0.15) is 0 Å². The van der Waals surface area contributed by atoms with E-state index in [1.165, 1.54) is 17.7 Å². The summed E-state index contributed by atoms with van der Waals surface area (Å²) in [5, 5.41) is 6.60. The van der Waals surface area contributed by atoms with E-state index >= 15 is 0 Å². The smallest absolute Gasteiger partial charge is 0.213 e. The van der Waals surface area contributed by atoms with Gasteiger partial charge >= 0.3 is 0 Å². The van der Waals surface area contributed by atoms with E-state index in [2.05, 4.69) is 41.4 Å². The molecule has 1 saturated carbocycles. The summed E-state index contributed by atoms with van der Waals surface area (Å²) in [6.45, 7) is 7.51. The van der Waals surface area contributed by atoms with Gasteiger partial charge in [-0.05, 0) is 30.5 Å². The predicted octanol–water partition coefficient (Wildman–Crippen LogP) is 3.51. The number of nitrogens with one attached hydrogen (secondary N) is 2. The molecule has 6 heteroatoms. The number of oxazole rings is 1. The third-order valence-electron chi connectivity index (χ3n) is 4.83. The van der Waals surface area contributed by atoms with Gasteiger partial charge in [-0.15, -0.1) is 0 Å². The Morgan fingerprint density at radius 2 is 1.92 bits per heavy atom. The van der Waals surface area contributed by atoms with Crippen LogP contribution in [0.3, 0.4) is 0 Å². The molecule has 5 nitrogen and oxygen atoms in total. The summed E-state index contributed by atoms with van der Waals surface area (Å²) in [5.41, 5.74) is 1.19. The van der Waals surface area contributed by atoms with Crippen LogP contribution < -0.4 is 10.6 Å². The van der Waals surface area contributed by atoms with Crippen LogP contribution in [-0.4, -0.2) is 24.5 Å². The molecule has 0 spiro atoms. The van der Waals surface area contributed by atoms with Crippen molar-refractivity contribution in [1.82, 2.24) is 15.6 Å². The van der Waals surface area contributed by atoms with Crippen molar-refractivity contribution in [2.45, 2.75) is 51.0 Å². The lowest BCUT2D eigenvalue weighted by Gasteiger charge is -2.19. The topological polar surface area (TPSA) is 62.5 Å². The van der Waals surface area contributed by atoms with E-state index < -0.39 is 0 Å². The highest BCUT2D eigenvalue weighted by Crippen LogP contribution is 2.47. The summed E-state index contributed by atoms with van der Waals surface area (Å²) in [5.74, 6) is 2.01. The van der Waals surface area contributed by atoms with Gasteiger partial charge in [0.05, 0.1) is 12.7 Å². The predicted molar refractivity (Wildman–Crippen MR) is 101 cm³/mol. The Bertz CT molecular complexity index is 770. The van der Waals surface area contributed by atoms with Crippen molar-refractivity contribution in [3.63, 3.8) is 0 Å². The molecular formula is C20H27FN4O. The van der Waals surface area contributed by atoms with E-state index in [9.17, 15) is 4.39 Å². The summed E-state index contributed by atoms with van der Waals surface area (Å²) in [4.78, 5) is 8.58. The average Bonchev–Trinajstić information content (AvgIpc) is 3.22. The van der Waals surface area contributed by atoms with Gasteiger partial charge in [0.15, 0.2) is 5.96 Å². The van der Waals surface area contributed by atoms with Crippen LogP contribution >= 0.6 is 0 Å². The highest BCUT2D eigenvalue weighted by Gasteiger charge is 2.44. The van der Waals surface area contributed by atoms with E-state index in [1.54, 1.807) is 13.2 Å². The zero-order valence-corrected chi connectivity index (χ0v) is 15.9. The lowest BCUT2D eigenvalue weighted by Crippen LogP contribution is -2.40. The van der Waals surface area contributed by atoms with Crippen molar-refractivity contribution in [2.75, 3.05) is 13.6 Å². The minimum Gasteiger partial charge on any atom is -0.443 e. The first kappa shape index (κ1) is 18.4. The molecule has 140 valence electrons. The molecule has 0 bridgehead atoms. The number of rotatable bonds is 5. The number of aliphatic imine (C=N–C) groups is 1. The van der Waals surface area contributed by atoms with Gasteiger partial charge in [-0.1, -0.05) is 32.9 Å². The first-order chi connectivity index (χ1) is 12.3. The largest absolute Gasteiger partial charge is 0.443 e. The normalized spacial score (nSPS) is 16.4. The SMILES string of the molecule is CN=C(NCc1ncc(C(C)(C)C)o1)NCC1(c2ccc(F)cc2)CC1. The summed E-state index contributed by atoms with van der Waals surface area (Å²) >= 11 is 0. The Kier molecular flexibility index (Phi) is 5.03. The molecule has 1 aliphatic rings. The Labute approximate surface area is 154 Å². The molecule has 2 aromatic rings. The zero-order chi connectivity index (χ0) is 18.8. The molecule has 0 atom stereocenters. The third kappa shape index (κ3) is 4.23. The van der Waals surface area contributed by atoms with Crippen LogP contribution in [0.1, 0.15) is 50.8 Å². The summed E-state index contributed by atoms with van der Waals surface area (Å²) in [6, 6.07) is 6.80. The van der Waals surface area contributed by atoms with Crippen LogP contribution in [-0.2, 0) is 17.4 Å². The maximum atomic E-state index is 13.1. The van der Waals surface area contributed by atoms with E-state index in [1.807, 2.05) is 12.1 Å². The van der Waals surface area contributed by atoms with Crippen molar-refractivity contribution in [3.8, 4) is 0 Å². The number of halogens is 1. The van der Waals surface area contributed by atoms with Gasteiger partial charge in [-0.3, -0.25) is 4.99 Å². The van der Waals surface area contributed by atoms with Crippen LogP contribution in [0.2, 0.25) is 0 Å². The fourth-order valence-corrected chi connectivity index (χ4v) is 2.89. The monoisotopic (exact) mass is 358 g/mol. The number of hydrogen-bond acceptors (Lipinski definition) is 3. The Hall–Kier alpha value is -2.37. The fourth-order valence-electron chi connectivity index (χ4n) is 2.89. The van der Waals surface area contributed by atoms with Gasteiger partial charge in [0.2, 0.25) is 5.89 Å². The molecule has 3 rings (SSSR count). The molecule has 2 N–H and O–H groups in total. The first-order valence-electron chi connectivity index (χ1n) is 8.98. The van der Waals surface area contributed by atoms with E-state index in [4.69, 9.17) is 4.42 Å². The summed E-state index contributed by atoms with van der Waals surface area (Å²) < 4.78 is 18.9. The third-order valence-corrected chi connectivity index (χ3v) is 4.83. The van der Waals surface area contributed by atoms with E-state index in [0.29, 0.717) is 18.4 Å². The zero-order valence-electron chi connectivity index (χ0n) is 15.9. The average molecular weight is 358 g/mol.